The highest BCUT2D eigenvalue weighted by Crippen LogP contribution is 2.50. The van der Waals surface area contributed by atoms with Gasteiger partial charge in [0.15, 0.2) is 23.0 Å². The molecule has 0 saturated carbocycles. The molecule has 2 fully saturated rings. The number of rotatable bonds is 4. The lowest BCUT2D eigenvalue weighted by Gasteiger charge is -2.44. The Hall–Kier alpha value is -5.00. The molecule has 0 spiro atoms. The van der Waals surface area contributed by atoms with Crippen LogP contribution >= 0.6 is 46.4 Å². The Morgan fingerprint density at radius 1 is 0.600 bits per heavy atom. The second-order valence-electron chi connectivity index (χ2n) is 11.9. The highest BCUT2D eigenvalue weighted by molar-refractivity contribution is 6.38. The first-order chi connectivity index (χ1) is 24.1. The van der Waals surface area contributed by atoms with Gasteiger partial charge in [-0.2, -0.15) is 0 Å². The zero-order valence-corrected chi connectivity index (χ0v) is 28.2. The summed E-state index contributed by atoms with van der Waals surface area (Å²) in [5.74, 6) is 0.345. The predicted octanol–water partition coefficient (Wildman–Crippen LogP) is 7.91. The Morgan fingerprint density at radius 3 is 1.40 bits per heavy atom. The molecule has 50 heavy (non-hydrogen) atoms. The Labute approximate surface area is 302 Å². The third-order valence-electron chi connectivity index (χ3n) is 9.14. The third-order valence-corrected chi connectivity index (χ3v) is 10.7. The molecule has 2 saturated heterocycles. The molecule has 0 aliphatic carbocycles. The van der Waals surface area contributed by atoms with E-state index >= 15 is 0 Å². The largest absolute Gasteiger partial charge is 0.508 e. The van der Waals surface area contributed by atoms with Crippen LogP contribution in [0.4, 0.5) is 22.7 Å². The van der Waals surface area contributed by atoms with E-state index in [1.807, 2.05) is 0 Å². The number of anilines is 2. The van der Waals surface area contributed by atoms with Gasteiger partial charge >= 0.3 is 0 Å². The molecular formula is C36H20Cl4N4O6. The number of nitrogens with zero attached hydrogens (tertiary/aromatic N) is 4. The average Bonchev–Trinajstić information content (AvgIpc) is 3.13. The molecule has 5 aromatic carbocycles. The van der Waals surface area contributed by atoms with Gasteiger partial charge in [0, 0.05) is 34.6 Å². The van der Waals surface area contributed by atoms with Gasteiger partial charge in [-0.1, -0.05) is 59.6 Å². The first-order valence-electron chi connectivity index (χ1n) is 15.2. The Kier molecular flexibility index (Phi) is 6.98. The summed E-state index contributed by atoms with van der Waals surface area (Å²) in [4.78, 5) is 38.3. The SMILES string of the molecule is O=C1C(Cl)C(c2ccccc2O)N1c1ccc2c(c1)Oc1c(Cl)c3c(c(Cl)c1=N2)Oc1cc(N2C(=O)C(Cl)C2c2ccccc2O)ccc1N=3. The topological polar surface area (TPSA) is 124 Å². The zero-order valence-electron chi connectivity index (χ0n) is 25.2. The van der Waals surface area contributed by atoms with Crippen LogP contribution in [0.25, 0.3) is 0 Å². The molecule has 2 amide bonds. The Balaban J connectivity index is 1.07. The summed E-state index contributed by atoms with van der Waals surface area (Å²) in [6.07, 6.45) is 0. The van der Waals surface area contributed by atoms with Crippen molar-refractivity contribution in [3.05, 3.63) is 117 Å². The molecule has 4 atom stereocenters. The summed E-state index contributed by atoms with van der Waals surface area (Å²) in [6.45, 7) is 0. The normalized spacial score (nSPS) is 21.2. The number of hydrogen-bond donors (Lipinski definition) is 2. The van der Waals surface area contributed by atoms with Crippen LogP contribution < -0.4 is 30.0 Å². The van der Waals surface area contributed by atoms with Crippen molar-refractivity contribution in [3.63, 3.8) is 0 Å². The van der Waals surface area contributed by atoms with Gasteiger partial charge in [0.2, 0.25) is 11.8 Å². The van der Waals surface area contributed by atoms with E-state index in [1.54, 1.807) is 84.9 Å². The van der Waals surface area contributed by atoms with E-state index in [2.05, 4.69) is 0 Å². The van der Waals surface area contributed by atoms with Gasteiger partial charge in [-0.25, -0.2) is 9.98 Å². The number of hydrogen-bond acceptors (Lipinski definition) is 8. The van der Waals surface area contributed by atoms with Crippen LogP contribution in [0.5, 0.6) is 34.5 Å². The van der Waals surface area contributed by atoms with Crippen LogP contribution in [0.3, 0.4) is 0 Å². The van der Waals surface area contributed by atoms with Crippen LogP contribution in [-0.2, 0) is 9.59 Å². The van der Waals surface area contributed by atoms with Crippen LogP contribution in [-0.4, -0.2) is 32.8 Å². The summed E-state index contributed by atoms with van der Waals surface area (Å²) < 4.78 is 12.5. The molecule has 5 aromatic rings. The molecule has 0 radical (unpaired) electrons. The lowest BCUT2D eigenvalue weighted by Crippen LogP contribution is -2.56. The number of phenolic OH excluding ortho intramolecular Hbond substituents is 2. The van der Waals surface area contributed by atoms with E-state index in [0.717, 1.165) is 0 Å². The van der Waals surface area contributed by atoms with Gasteiger partial charge in [0.25, 0.3) is 0 Å². The number of phenols is 2. The number of amides is 2. The molecule has 9 rings (SSSR count). The minimum atomic E-state index is -0.853. The second-order valence-corrected chi connectivity index (χ2v) is 13.6. The second kappa shape index (κ2) is 11.3. The smallest absolute Gasteiger partial charge is 0.248 e. The monoisotopic (exact) mass is 744 g/mol. The Morgan fingerprint density at radius 2 is 1.00 bits per heavy atom. The van der Waals surface area contributed by atoms with Gasteiger partial charge in [0.05, 0.1) is 12.1 Å². The predicted molar refractivity (Wildman–Crippen MR) is 187 cm³/mol. The average molecular weight is 746 g/mol. The van der Waals surface area contributed by atoms with Crippen molar-refractivity contribution >= 4 is 81.0 Å². The van der Waals surface area contributed by atoms with Gasteiger partial charge < -0.3 is 29.5 Å². The first kappa shape index (κ1) is 31.0. The van der Waals surface area contributed by atoms with Crippen LogP contribution in [0.1, 0.15) is 23.2 Å². The highest BCUT2D eigenvalue weighted by atomic mass is 35.5. The van der Waals surface area contributed by atoms with E-state index in [9.17, 15) is 19.8 Å². The van der Waals surface area contributed by atoms with Gasteiger partial charge in [-0.3, -0.25) is 9.59 Å². The van der Waals surface area contributed by atoms with Crippen LogP contribution in [0.15, 0.2) is 94.9 Å². The number of aromatic hydroxyl groups is 2. The van der Waals surface area contributed by atoms with Gasteiger partial charge in [0.1, 0.15) is 54.4 Å². The van der Waals surface area contributed by atoms with Gasteiger partial charge in [-0.05, 0) is 36.4 Å². The minimum Gasteiger partial charge on any atom is -0.508 e. The van der Waals surface area contributed by atoms with Crippen LogP contribution in [0, 0.1) is 0 Å². The summed E-state index contributed by atoms with van der Waals surface area (Å²) in [6, 6.07) is 22.3. The van der Waals surface area contributed by atoms with Gasteiger partial charge in [-0.15, -0.1) is 23.2 Å². The number of β-lactam (4-membered cyclic amide) rings is 2. The minimum absolute atomic E-state index is 0.0309. The summed E-state index contributed by atoms with van der Waals surface area (Å²) in [5.41, 5.74) is 2.86. The number of ether oxygens (including phenoxy) is 2. The van der Waals surface area contributed by atoms with Crippen molar-refractivity contribution in [1.82, 2.24) is 0 Å². The lowest BCUT2D eigenvalue weighted by molar-refractivity contribution is -0.124. The maximum Gasteiger partial charge on any atom is 0.248 e. The summed E-state index contributed by atoms with van der Waals surface area (Å²) in [7, 11) is 0. The van der Waals surface area contributed by atoms with E-state index < -0.39 is 22.8 Å². The fourth-order valence-corrected chi connectivity index (χ4v) is 7.89. The maximum absolute atomic E-state index is 12.9. The number of carbonyl (C=O) groups is 2. The van der Waals surface area contributed by atoms with Crippen molar-refractivity contribution in [1.29, 1.82) is 0 Å². The molecule has 0 bridgehead atoms. The molecule has 14 heteroatoms. The highest BCUT2D eigenvalue weighted by Gasteiger charge is 2.50. The van der Waals surface area contributed by atoms with Crippen molar-refractivity contribution in [2.24, 2.45) is 9.98 Å². The van der Waals surface area contributed by atoms with Crippen molar-refractivity contribution < 1.29 is 29.3 Å². The molecular weight excluding hydrogens is 726 g/mol. The van der Waals surface area contributed by atoms with E-state index in [-0.39, 0.29) is 55.6 Å². The maximum atomic E-state index is 12.9. The number of alkyl halides is 2. The lowest BCUT2D eigenvalue weighted by atomic mass is 9.91. The molecule has 4 heterocycles. The third kappa shape index (κ3) is 4.42. The molecule has 4 aliphatic heterocycles. The van der Waals surface area contributed by atoms with E-state index in [0.29, 0.717) is 45.4 Å². The number of carbonyl (C=O) groups excluding carboxylic acids is 2. The number of para-hydroxylation sites is 2. The molecule has 4 aliphatic rings. The molecule has 4 unspecified atom stereocenters. The fourth-order valence-electron chi connectivity index (χ4n) is 6.67. The number of benzene rings is 5. The molecule has 0 aromatic heterocycles. The molecule has 2 N–H and O–H groups in total. The van der Waals surface area contributed by atoms with Crippen molar-refractivity contribution in [2.75, 3.05) is 9.80 Å². The fraction of sp³-hybridized carbons (Fsp3) is 0.111. The van der Waals surface area contributed by atoms with Crippen molar-refractivity contribution in [3.8, 4) is 34.5 Å². The standard InChI is InChI=1S/C36H20Cl4N4O6/c37-25-30-34(50-24-14-16(10-12-20(24)42-30)44-32(28(40)36(44)48)18-6-2-4-8-22(18)46)26(38)29-33(25)49-23-13-15(9-11-19(23)41-29)43-31(27(39)35(43)47)17-5-1-3-7-21(17)45/h1-14,27-28,31-32,45-46H. The van der Waals surface area contributed by atoms with E-state index in [4.69, 9.17) is 65.9 Å². The number of fused-ring (bicyclic) bond motifs is 4. The summed E-state index contributed by atoms with van der Waals surface area (Å²) in [5, 5.41) is 19.8. The summed E-state index contributed by atoms with van der Waals surface area (Å²) >= 11 is 26.6. The molecule has 10 nitrogen and oxygen atoms in total. The molecule has 248 valence electrons. The first-order valence-corrected chi connectivity index (χ1v) is 16.9. The Bertz CT molecular complexity index is 2310. The van der Waals surface area contributed by atoms with Crippen LogP contribution in [0.2, 0.25) is 10.0 Å². The zero-order chi connectivity index (χ0) is 34.6. The quantitative estimate of drug-likeness (QED) is 0.139. The van der Waals surface area contributed by atoms with Crippen molar-refractivity contribution in [2.45, 2.75) is 22.8 Å². The van der Waals surface area contributed by atoms with E-state index in [1.165, 1.54) is 9.80 Å². The number of halogens is 4.